The second-order valence-electron chi connectivity index (χ2n) is 8.99. The van der Waals surface area contributed by atoms with Crippen molar-refractivity contribution < 1.29 is 24.1 Å². The summed E-state index contributed by atoms with van der Waals surface area (Å²) in [6, 6.07) is 5.98. The molecule has 1 aliphatic heterocycles. The van der Waals surface area contributed by atoms with Crippen molar-refractivity contribution in [2.45, 2.75) is 56.7 Å². The van der Waals surface area contributed by atoms with Crippen LogP contribution in [-0.4, -0.2) is 87.1 Å². The molecule has 1 heterocycles. The van der Waals surface area contributed by atoms with E-state index >= 15 is 0 Å². The van der Waals surface area contributed by atoms with E-state index in [0.29, 0.717) is 12.6 Å². The molecule has 0 aromatic heterocycles. The van der Waals surface area contributed by atoms with Gasteiger partial charge in [0, 0.05) is 12.6 Å². The molecule has 1 aliphatic carbocycles. The smallest absolute Gasteiger partial charge is 0.321 e. The van der Waals surface area contributed by atoms with Gasteiger partial charge in [0.05, 0.1) is 26.9 Å². The normalized spacial score (nSPS) is 25.5. The van der Waals surface area contributed by atoms with Crippen LogP contribution >= 0.6 is 0 Å². The van der Waals surface area contributed by atoms with E-state index in [1.54, 1.807) is 14.2 Å². The van der Waals surface area contributed by atoms with Gasteiger partial charge in [-0.2, -0.15) is 0 Å². The molecule has 3 rings (SSSR count). The maximum Gasteiger partial charge on any atom is 0.321 e. The highest BCUT2D eigenvalue weighted by atomic mass is 16.5. The van der Waals surface area contributed by atoms with Gasteiger partial charge in [-0.25, -0.2) is 0 Å². The monoisotopic (exact) mass is 434 g/mol. The maximum atomic E-state index is 11.7. The fourth-order valence-electron chi connectivity index (χ4n) is 5.27. The summed E-state index contributed by atoms with van der Waals surface area (Å²) in [5, 5.41) is 9.65. The second-order valence-corrected chi connectivity index (χ2v) is 8.99. The van der Waals surface area contributed by atoms with Crippen molar-refractivity contribution in [2.75, 3.05) is 48.0 Å². The first-order chi connectivity index (χ1) is 14.9. The summed E-state index contributed by atoms with van der Waals surface area (Å²) >= 11 is 0. The predicted molar refractivity (Wildman–Crippen MR) is 120 cm³/mol. The molecule has 0 amide bonds. The minimum Gasteiger partial charge on any atom is -0.493 e. The van der Waals surface area contributed by atoms with Gasteiger partial charge in [0.2, 0.25) is 0 Å². The van der Waals surface area contributed by atoms with E-state index in [4.69, 9.17) is 14.2 Å². The lowest BCUT2D eigenvalue weighted by Crippen LogP contribution is -2.48. The van der Waals surface area contributed by atoms with Crippen LogP contribution in [0.15, 0.2) is 18.2 Å². The molecule has 7 nitrogen and oxygen atoms in total. The van der Waals surface area contributed by atoms with Crippen molar-refractivity contribution in [3.05, 3.63) is 23.8 Å². The van der Waals surface area contributed by atoms with E-state index in [0.717, 1.165) is 50.3 Å². The number of hydrogen-bond acceptors (Lipinski definition) is 6. The molecule has 2 aliphatic rings. The molecule has 0 spiro atoms. The highest BCUT2D eigenvalue weighted by molar-refractivity contribution is 5.74. The number of hydrogen-bond donors (Lipinski definition) is 1. The summed E-state index contributed by atoms with van der Waals surface area (Å²) in [5.41, 5.74) is 1.17. The largest absolute Gasteiger partial charge is 0.493 e. The van der Waals surface area contributed by atoms with Gasteiger partial charge in [-0.15, -0.1) is 0 Å². The molecule has 1 N–H and O–H groups in total. The summed E-state index contributed by atoms with van der Waals surface area (Å²) in [6.07, 6.45) is 6.61. The minimum atomic E-state index is -0.719. The molecule has 2 fully saturated rings. The number of ether oxygens (including phenoxy) is 3. The number of likely N-dealkylation sites (tertiary alicyclic amines) is 1. The average molecular weight is 435 g/mol. The Morgan fingerprint density at radius 3 is 2.58 bits per heavy atom. The lowest BCUT2D eigenvalue weighted by atomic mass is 9.91. The number of methoxy groups -OCH3 is 2. The third-order valence-corrected chi connectivity index (χ3v) is 6.82. The molecule has 1 unspecified atom stereocenters. The van der Waals surface area contributed by atoms with E-state index in [1.807, 2.05) is 31.1 Å². The SMILES string of the molecule is COc1ccc(CCO[C@@H]2CCCC[C@@H]2N2CCC([C@H](C(=O)O)N(C)C)C2)cc1OC. The Morgan fingerprint density at radius 2 is 1.90 bits per heavy atom. The molecular weight excluding hydrogens is 396 g/mol. The van der Waals surface area contributed by atoms with Gasteiger partial charge in [0.1, 0.15) is 6.04 Å². The van der Waals surface area contributed by atoms with Gasteiger partial charge < -0.3 is 19.3 Å². The highest BCUT2D eigenvalue weighted by Gasteiger charge is 2.40. The lowest BCUT2D eigenvalue weighted by Gasteiger charge is -2.38. The topological polar surface area (TPSA) is 71.5 Å². The number of nitrogens with zero attached hydrogens (tertiary/aromatic N) is 2. The Balaban J connectivity index is 1.56. The molecule has 1 aromatic carbocycles. The van der Waals surface area contributed by atoms with E-state index in [-0.39, 0.29) is 12.0 Å². The molecule has 4 atom stereocenters. The number of likely N-dealkylation sites (N-methyl/N-ethyl adjacent to an activating group) is 1. The van der Waals surface area contributed by atoms with Crippen LogP contribution in [-0.2, 0) is 16.0 Å². The average Bonchev–Trinajstić information content (AvgIpc) is 3.22. The maximum absolute atomic E-state index is 11.7. The van der Waals surface area contributed by atoms with Crippen molar-refractivity contribution in [3.8, 4) is 11.5 Å². The van der Waals surface area contributed by atoms with Gasteiger partial charge in [-0.05, 0) is 69.9 Å². The lowest BCUT2D eigenvalue weighted by molar-refractivity contribution is -0.144. The number of benzene rings is 1. The van der Waals surface area contributed by atoms with E-state index in [1.165, 1.54) is 18.4 Å². The Hall–Kier alpha value is -1.83. The molecule has 0 radical (unpaired) electrons. The third-order valence-electron chi connectivity index (χ3n) is 6.82. The molecular formula is C24H38N2O5. The number of carboxylic acids is 1. The number of carbonyl (C=O) groups is 1. The first kappa shape index (κ1) is 23.8. The van der Waals surface area contributed by atoms with Crippen molar-refractivity contribution in [1.29, 1.82) is 0 Å². The van der Waals surface area contributed by atoms with Crippen molar-refractivity contribution in [2.24, 2.45) is 5.92 Å². The Bertz CT molecular complexity index is 726. The number of aliphatic carboxylic acids is 1. The van der Waals surface area contributed by atoms with Crippen LogP contribution in [0.3, 0.4) is 0 Å². The number of rotatable bonds is 10. The van der Waals surface area contributed by atoms with Gasteiger partial charge in [0.15, 0.2) is 11.5 Å². The first-order valence-electron chi connectivity index (χ1n) is 11.4. The van der Waals surface area contributed by atoms with Crippen molar-refractivity contribution in [3.63, 3.8) is 0 Å². The van der Waals surface area contributed by atoms with Crippen LogP contribution in [0.25, 0.3) is 0 Å². The van der Waals surface area contributed by atoms with Gasteiger partial charge in [-0.1, -0.05) is 18.9 Å². The van der Waals surface area contributed by atoms with E-state index in [9.17, 15) is 9.90 Å². The molecule has 174 valence electrons. The van der Waals surface area contributed by atoms with Crippen LogP contribution in [0.4, 0.5) is 0 Å². The molecule has 0 bridgehead atoms. The second kappa shape index (κ2) is 11.2. The van der Waals surface area contributed by atoms with E-state index in [2.05, 4.69) is 11.0 Å². The van der Waals surface area contributed by atoms with E-state index < -0.39 is 12.0 Å². The first-order valence-corrected chi connectivity index (χ1v) is 11.4. The summed E-state index contributed by atoms with van der Waals surface area (Å²) in [5.74, 6) is 0.929. The van der Waals surface area contributed by atoms with Crippen LogP contribution in [0.2, 0.25) is 0 Å². The zero-order valence-corrected chi connectivity index (χ0v) is 19.4. The standard InChI is InChI=1S/C24H38N2O5/c1-25(2)23(24(27)28)18-11-13-26(16-18)19-7-5-6-8-20(19)31-14-12-17-9-10-21(29-3)22(15-17)30-4/h9-10,15,18-20,23H,5-8,11-14,16H2,1-4H3,(H,27,28)/t18?,19-,20+,23+/m0/s1. The summed E-state index contributed by atoms with van der Waals surface area (Å²) in [7, 11) is 7.02. The molecule has 7 heteroatoms. The highest BCUT2D eigenvalue weighted by Crippen LogP contribution is 2.32. The summed E-state index contributed by atoms with van der Waals surface area (Å²) < 4.78 is 17.1. The van der Waals surface area contributed by atoms with Crippen molar-refractivity contribution in [1.82, 2.24) is 9.80 Å². The van der Waals surface area contributed by atoms with Gasteiger partial charge in [-0.3, -0.25) is 14.6 Å². The fourth-order valence-corrected chi connectivity index (χ4v) is 5.27. The Kier molecular flexibility index (Phi) is 8.58. The third kappa shape index (κ3) is 5.90. The van der Waals surface area contributed by atoms with Crippen LogP contribution in [0.5, 0.6) is 11.5 Å². The zero-order chi connectivity index (χ0) is 22.4. The minimum absolute atomic E-state index is 0.168. The summed E-state index contributed by atoms with van der Waals surface area (Å²) in [6.45, 7) is 2.47. The van der Waals surface area contributed by atoms with Crippen LogP contribution in [0.1, 0.15) is 37.7 Å². The molecule has 1 saturated heterocycles. The zero-order valence-electron chi connectivity index (χ0n) is 19.4. The quantitative estimate of drug-likeness (QED) is 0.607. The molecule has 1 saturated carbocycles. The molecule has 1 aromatic rings. The van der Waals surface area contributed by atoms with Gasteiger partial charge >= 0.3 is 5.97 Å². The Morgan fingerprint density at radius 1 is 1.16 bits per heavy atom. The Labute approximate surface area is 186 Å². The van der Waals surface area contributed by atoms with Gasteiger partial charge in [0.25, 0.3) is 0 Å². The fraction of sp³-hybridized carbons (Fsp3) is 0.708. The van der Waals surface area contributed by atoms with Crippen LogP contribution < -0.4 is 9.47 Å². The summed E-state index contributed by atoms with van der Waals surface area (Å²) in [4.78, 5) is 16.1. The predicted octanol–water partition coefficient (Wildman–Crippen LogP) is 2.91. The van der Waals surface area contributed by atoms with Crippen LogP contribution in [0, 0.1) is 5.92 Å². The number of carboxylic acid groups (broad SMARTS) is 1. The molecule has 31 heavy (non-hydrogen) atoms. The van der Waals surface area contributed by atoms with Crippen molar-refractivity contribution >= 4 is 5.97 Å².